The van der Waals surface area contributed by atoms with Crippen molar-refractivity contribution in [2.24, 2.45) is 5.41 Å². The first-order chi connectivity index (χ1) is 12.2. The second kappa shape index (κ2) is 8.43. The number of ether oxygens (including phenoxy) is 2. The monoisotopic (exact) mass is 386 g/mol. The van der Waals surface area contributed by atoms with Gasteiger partial charge in [0.2, 0.25) is 10.0 Å². The first-order valence-electron chi connectivity index (χ1n) is 8.67. The Labute approximate surface area is 154 Å². The summed E-state index contributed by atoms with van der Waals surface area (Å²) in [5.41, 5.74) is 0.0444. The number of nitro benzene ring substituents is 1. The van der Waals surface area contributed by atoms with Crippen molar-refractivity contribution in [3.63, 3.8) is 0 Å². The number of nitrogens with one attached hydrogen (secondary N) is 1. The Balaban J connectivity index is 1.98. The maximum absolute atomic E-state index is 12.5. The summed E-state index contributed by atoms with van der Waals surface area (Å²) in [6, 6.07) is 3.83. The number of aryl methyl sites for hydroxylation is 1. The normalized spacial score (nSPS) is 18.0. The highest BCUT2D eigenvalue weighted by Gasteiger charge is 2.36. The maximum Gasteiger partial charge on any atom is 0.270 e. The van der Waals surface area contributed by atoms with Crippen LogP contribution in [0.1, 0.15) is 38.7 Å². The van der Waals surface area contributed by atoms with Gasteiger partial charge in [0.05, 0.1) is 23.0 Å². The van der Waals surface area contributed by atoms with Crippen molar-refractivity contribution >= 4 is 15.7 Å². The quantitative estimate of drug-likeness (QED) is 0.397. The van der Waals surface area contributed by atoms with E-state index in [1.807, 2.05) is 0 Å². The first kappa shape index (κ1) is 20.8. The third-order valence-electron chi connectivity index (χ3n) is 4.89. The van der Waals surface area contributed by atoms with E-state index in [4.69, 9.17) is 9.47 Å². The molecule has 1 aromatic rings. The Morgan fingerprint density at radius 2 is 2.00 bits per heavy atom. The molecule has 0 radical (unpaired) electrons. The van der Waals surface area contributed by atoms with Gasteiger partial charge in [-0.25, -0.2) is 13.1 Å². The van der Waals surface area contributed by atoms with Gasteiger partial charge >= 0.3 is 0 Å². The molecule has 1 fully saturated rings. The molecule has 0 amide bonds. The predicted molar refractivity (Wildman–Crippen MR) is 96.3 cm³/mol. The van der Waals surface area contributed by atoms with Crippen molar-refractivity contribution in [1.29, 1.82) is 0 Å². The molecule has 1 N–H and O–H groups in total. The highest BCUT2D eigenvalue weighted by Crippen LogP contribution is 2.35. The molecule has 0 spiro atoms. The van der Waals surface area contributed by atoms with E-state index in [0.29, 0.717) is 25.2 Å². The molecule has 1 aromatic carbocycles. The predicted octanol–water partition coefficient (Wildman–Crippen LogP) is 2.75. The molecule has 1 saturated heterocycles. The van der Waals surface area contributed by atoms with Gasteiger partial charge < -0.3 is 9.47 Å². The molecule has 9 heteroatoms. The van der Waals surface area contributed by atoms with Crippen molar-refractivity contribution in [3.05, 3.63) is 33.9 Å². The smallest absolute Gasteiger partial charge is 0.270 e. The molecule has 146 valence electrons. The summed E-state index contributed by atoms with van der Waals surface area (Å²) < 4.78 is 38.7. The van der Waals surface area contributed by atoms with Crippen molar-refractivity contribution in [1.82, 2.24) is 4.72 Å². The van der Waals surface area contributed by atoms with Crippen LogP contribution in [0.25, 0.3) is 0 Å². The Bertz CT molecular complexity index is 746. The Hall–Kier alpha value is -1.55. The Kier molecular flexibility index (Phi) is 6.73. The van der Waals surface area contributed by atoms with Crippen LogP contribution >= 0.6 is 0 Å². The number of nitrogens with zero attached hydrogens (tertiary/aromatic N) is 1. The molecule has 0 aliphatic carbocycles. The van der Waals surface area contributed by atoms with Gasteiger partial charge in [0.25, 0.3) is 5.69 Å². The zero-order valence-corrected chi connectivity index (χ0v) is 16.2. The van der Waals surface area contributed by atoms with E-state index in [9.17, 15) is 18.5 Å². The molecule has 0 aromatic heterocycles. The number of hydrogen-bond acceptors (Lipinski definition) is 6. The molecule has 1 aliphatic heterocycles. The van der Waals surface area contributed by atoms with Crippen LogP contribution < -0.4 is 4.72 Å². The van der Waals surface area contributed by atoms with Gasteiger partial charge in [-0.15, -0.1) is 0 Å². The second-order valence-corrected chi connectivity index (χ2v) is 8.52. The minimum Gasteiger partial charge on any atom is -0.350 e. The van der Waals surface area contributed by atoms with Crippen molar-refractivity contribution in [3.8, 4) is 0 Å². The molecule has 0 saturated carbocycles. The fourth-order valence-electron chi connectivity index (χ4n) is 2.99. The number of benzene rings is 1. The van der Waals surface area contributed by atoms with Crippen molar-refractivity contribution in [2.45, 2.75) is 51.2 Å². The van der Waals surface area contributed by atoms with Gasteiger partial charge in [-0.2, -0.15) is 0 Å². The van der Waals surface area contributed by atoms with Gasteiger partial charge in [0.15, 0.2) is 6.29 Å². The summed E-state index contributed by atoms with van der Waals surface area (Å²) in [4.78, 5) is 10.2. The average molecular weight is 386 g/mol. The average Bonchev–Trinajstić information content (AvgIpc) is 3.14. The number of rotatable bonds is 9. The van der Waals surface area contributed by atoms with Crippen LogP contribution in [0.3, 0.4) is 0 Å². The Morgan fingerprint density at radius 1 is 1.35 bits per heavy atom. The largest absolute Gasteiger partial charge is 0.350 e. The number of nitro groups is 1. The fraction of sp³-hybridized carbons (Fsp3) is 0.647. The summed E-state index contributed by atoms with van der Waals surface area (Å²) in [7, 11) is -3.81. The summed E-state index contributed by atoms with van der Waals surface area (Å²) in [6.45, 7) is 7.15. The van der Waals surface area contributed by atoms with E-state index in [2.05, 4.69) is 18.6 Å². The molecule has 1 aliphatic rings. The summed E-state index contributed by atoms with van der Waals surface area (Å²) in [5, 5.41) is 10.9. The van der Waals surface area contributed by atoms with E-state index in [1.165, 1.54) is 12.1 Å². The highest BCUT2D eigenvalue weighted by molar-refractivity contribution is 7.89. The fourth-order valence-corrected chi connectivity index (χ4v) is 4.33. The third kappa shape index (κ3) is 4.79. The maximum atomic E-state index is 12.5. The lowest BCUT2D eigenvalue weighted by molar-refractivity contribution is -0.385. The minimum absolute atomic E-state index is 0.0626. The van der Waals surface area contributed by atoms with Gasteiger partial charge in [-0.05, 0) is 31.7 Å². The van der Waals surface area contributed by atoms with Gasteiger partial charge in [-0.3, -0.25) is 10.1 Å². The van der Waals surface area contributed by atoms with E-state index < -0.39 is 14.9 Å². The molecule has 1 heterocycles. The lowest BCUT2D eigenvalue weighted by Gasteiger charge is -2.33. The van der Waals surface area contributed by atoms with Crippen LogP contribution in [-0.2, 0) is 19.5 Å². The molecular weight excluding hydrogens is 360 g/mol. The molecule has 2 rings (SSSR count). The standard InChI is InChI=1S/C17H26N2O6S/c1-4-17(3,16-24-10-11-25-16)8-5-9-18-26(22,23)15-12-14(19(20)21)7-6-13(15)2/h6-7,12,16,18H,4-5,8-11H2,1-3H3/t17-/m0/s1. The topological polar surface area (TPSA) is 108 Å². The molecular formula is C17H26N2O6S. The summed E-state index contributed by atoms with van der Waals surface area (Å²) in [5.74, 6) is 0. The molecule has 26 heavy (non-hydrogen) atoms. The zero-order chi connectivity index (χ0) is 19.4. The third-order valence-corrected chi connectivity index (χ3v) is 6.49. The van der Waals surface area contributed by atoms with Gasteiger partial charge in [-0.1, -0.05) is 19.9 Å². The van der Waals surface area contributed by atoms with E-state index >= 15 is 0 Å². The van der Waals surface area contributed by atoms with E-state index in [0.717, 1.165) is 18.9 Å². The molecule has 1 atom stereocenters. The van der Waals surface area contributed by atoms with E-state index in [1.54, 1.807) is 6.92 Å². The van der Waals surface area contributed by atoms with Crippen LogP contribution in [0.15, 0.2) is 23.1 Å². The van der Waals surface area contributed by atoms with Gasteiger partial charge in [0.1, 0.15) is 0 Å². The minimum atomic E-state index is -3.81. The number of hydrogen-bond donors (Lipinski definition) is 1. The number of sulfonamides is 1. The Morgan fingerprint density at radius 3 is 2.58 bits per heavy atom. The zero-order valence-electron chi connectivity index (χ0n) is 15.4. The molecule has 0 unspecified atom stereocenters. The van der Waals surface area contributed by atoms with Crippen molar-refractivity contribution < 1.29 is 22.8 Å². The van der Waals surface area contributed by atoms with Crippen LogP contribution in [0, 0.1) is 22.5 Å². The second-order valence-electron chi connectivity index (χ2n) is 6.79. The van der Waals surface area contributed by atoms with E-state index in [-0.39, 0.29) is 28.8 Å². The molecule has 0 bridgehead atoms. The lowest BCUT2D eigenvalue weighted by atomic mass is 9.82. The first-order valence-corrected chi connectivity index (χ1v) is 10.2. The van der Waals surface area contributed by atoms with Crippen LogP contribution in [-0.4, -0.2) is 39.4 Å². The van der Waals surface area contributed by atoms with Crippen LogP contribution in [0.4, 0.5) is 5.69 Å². The SMILES string of the molecule is CC[C@@](C)(CCCNS(=O)(=O)c1cc([N+](=O)[O-])ccc1C)C1OCCO1. The van der Waals surface area contributed by atoms with Gasteiger partial charge in [0, 0.05) is 24.1 Å². The molecule has 8 nitrogen and oxygen atoms in total. The highest BCUT2D eigenvalue weighted by atomic mass is 32.2. The lowest BCUT2D eigenvalue weighted by Crippen LogP contribution is -2.34. The van der Waals surface area contributed by atoms with Crippen LogP contribution in [0.2, 0.25) is 0 Å². The van der Waals surface area contributed by atoms with Crippen molar-refractivity contribution in [2.75, 3.05) is 19.8 Å². The van der Waals surface area contributed by atoms with Crippen LogP contribution in [0.5, 0.6) is 0 Å². The summed E-state index contributed by atoms with van der Waals surface area (Å²) >= 11 is 0. The summed E-state index contributed by atoms with van der Waals surface area (Å²) in [6.07, 6.45) is 1.95. The number of non-ortho nitro benzene ring substituents is 1.